The third-order valence-electron chi connectivity index (χ3n) is 6.54. The van der Waals surface area contributed by atoms with E-state index in [9.17, 15) is 9.59 Å². The summed E-state index contributed by atoms with van der Waals surface area (Å²) < 4.78 is 8.19. The Balaban J connectivity index is 1.33. The molecule has 2 aliphatic heterocycles. The van der Waals surface area contributed by atoms with Gasteiger partial charge in [0.15, 0.2) is 5.78 Å². The number of benzene rings is 2. The molecule has 2 aliphatic rings. The van der Waals surface area contributed by atoms with Gasteiger partial charge in [0, 0.05) is 31.0 Å². The maximum atomic E-state index is 13.2. The van der Waals surface area contributed by atoms with E-state index in [-0.39, 0.29) is 11.7 Å². The maximum absolute atomic E-state index is 13.2. The van der Waals surface area contributed by atoms with E-state index < -0.39 is 5.60 Å². The highest BCUT2D eigenvalue weighted by Crippen LogP contribution is 2.42. The molecule has 0 bridgehead atoms. The van der Waals surface area contributed by atoms with Crippen LogP contribution in [0.5, 0.6) is 5.75 Å². The molecule has 1 fully saturated rings. The molecule has 0 N–H and O–H groups in total. The molecule has 0 aliphatic carbocycles. The van der Waals surface area contributed by atoms with Crippen LogP contribution in [0.1, 0.15) is 51.2 Å². The van der Waals surface area contributed by atoms with Crippen LogP contribution in [-0.2, 0) is 0 Å². The minimum absolute atomic E-state index is 0.0370. The number of carbonyl (C=O) groups is 2. The number of aromatic nitrogens is 2. The van der Waals surface area contributed by atoms with Gasteiger partial charge in [-0.1, -0.05) is 29.8 Å². The van der Waals surface area contributed by atoms with Gasteiger partial charge < -0.3 is 9.64 Å². The van der Waals surface area contributed by atoms with Crippen molar-refractivity contribution in [2.75, 3.05) is 13.1 Å². The highest BCUT2D eigenvalue weighted by Gasteiger charge is 2.44. The van der Waals surface area contributed by atoms with Crippen molar-refractivity contribution in [3.8, 4) is 11.4 Å². The molecule has 0 saturated carbocycles. The summed E-state index contributed by atoms with van der Waals surface area (Å²) in [6.45, 7) is 4.88. The topological polar surface area (TPSA) is 64.4 Å². The number of likely N-dealkylation sites (tertiary alicyclic amines) is 1. The molecule has 1 saturated heterocycles. The zero-order valence-electron chi connectivity index (χ0n) is 18.1. The number of aryl methyl sites for hydroxylation is 1. The number of Topliss-reactive ketones (excluding diaryl/α,β-unsaturated/α-hetero) is 1. The first-order chi connectivity index (χ1) is 15.4. The van der Waals surface area contributed by atoms with Crippen LogP contribution in [0.4, 0.5) is 0 Å². The lowest BCUT2D eigenvalue weighted by molar-refractivity contribution is -0.00618. The number of ketones is 1. The monoisotopic (exact) mass is 449 g/mol. The number of fused-ring (bicyclic) bond motifs is 1. The Morgan fingerprint density at radius 2 is 1.84 bits per heavy atom. The van der Waals surface area contributed by atoms with Crippen molar-refractivity contribution in [1.82, 2.24) is 14.7 Å². The summed E-state index contributed by atoms with van der Waals surface area (Å²) in [5.74, 6) is 0.645. The van der Waals surface area contributed by atoms with E-state index in [1.54, 1.807) is 16.9 Å². The van der Waals surface area contributed by atoms with E-state index in [2.05, 4.69) is 5.10 Å². The van der Waals surface area contributed by atoms with Crippen LogP contribution in [0.2, 0.25) is 5.02 Å². The molecule has 1 spiro atoms. The predicted octanol–water partition coefficient (Wildman–Crippen LogP) is 4.78. The van der Waals surface area contributed by atoms with Gasteiger partial charge in [0.05, 0.1) is 35.1 Å². The smallest absolute Gasteiger partial charge is 0.257 e. The van der Waals surface area contributed by atoms with Crippen LogP contribution in [-0.4, -0.2) is 45.1 Å². The molecule has 2 aromatic carbocycles. The van der Waals surface area contributed by atoms with Gasteiger partial charge >= 0.3 is 0 Å². The number of piperidine rings is 1. The average Bonchev–Trinajstić information content (AvgIpc) is 3.17. The molecular formula is C25H24ClN3O3. The highest BCUT2D eigenvalue weighted by atomic mass is 35.5. The fourth-order valence-corrected chi connectivity index (χ4v) is 5.00. The van der Waals surface area contributed by atoms with Gasteiger partial charge in [0.1, 0.15) is 11.4 Å². The zero-order valence-corrected chi connectivity index (χ0v) is 18.9. The Hall–Kier alpha value is -3.12. The second-order valence-corrected chi connectivity index (χ2v) is 9.10. The normalized spacial score (nSPS) is 17.2. The van der Waals surface area contributed by atoms with E-state index in [0.717, 1.165) is 16.9 Å². The van der Waals surface area contributed by atoms with Crippen molar-refractivity contribution in [3.63, 3.8) is 0 Å². The zero-order chi connectivity index (χ0) is 22.5. The molecule has 0 radical (unpaired) electrons. The van der Waals surface area contributed by atoms with Crippen LogP contribution >= 0.6 is 11.6 Å². The van der Waals surface area contributed by atoms with E-state index in [1.165, 1.54) is 0 Å². The van der Waals surface area contributed by atoms with Gasteiger partial charge in [-0.2, -0.15) is 5.10 Å². The van der Waals surface area contributed by atoms with E-state index >= 15 is 0 Å². The first-order valence-corrected chi connectivity index (χ1v) is 11.2. The van der Waals surface area contributed by atoms with Crippen LogP contribution in [0.25, 0.3) is 5.69 Å². The summed E-state index contributed by atoms with van der Waals surface area (Å²) >= 11 is 6.13. The number of hydrogen-bond donors (Lipinski definition) is 0. The van der Waals surface area contributed by atoms with Gasteiger partial charge in [0.2, 0.25) is 0 Å². The van der Waals surface area contributed by atoms with Gasteiger partial charge in [0.25, 0.3) is 5.91 Å². The van der Waals surface area contributed by atoms with E-state index in [4.69, 9.17) is 16.3 Å². The summed E-state index contributed by atoms with van der Waals surface area (Å²) in [4.78, 5) is 27.9. The van der Waals surface area contributed by atoms with Crippen molar-refractivity contribution >= 4 is 23.3 Å². The summed E-state index contributed by atoms with van der Waals surface area (Å²) in [6.07, 6.45) is 3.17. The molecule has 7 heteroatoms. The molecule has 0 unspecified atom stereocenters. The van der Waals surface area contributed by atoms with Crippen molar-refractivity contribution < 1.29 is 14.3 Å². The molecule has 164 valence electrons. The van der Waals surface area contributed by atoms with Gasteiger partial charge in [-0.15, -0.1) is 0 Å². The number of halogens is 1. The lowest BCUT2D eigenvalue weighted by Crippen LogP contribution is -2.52. The summed E-state index contributed by atoms with van der Waals surface area (Å²) in [6, 6.07) is 13.3. The summed E-state index contributed by atoms with van der Waals surface area (Å²) in [5.41, 5.74) is 3.19. The first kappa shape index (κ1) is 20.8. The minimum Gasteiger partial charge on any atom is -0.486 e. The highest BCUT2D eigenvalue weighted by molar-refractivity contribution is 6.31. The predicted molar refractivity (Wildman–Crippen MR) is 122 cm³/mol. The number of ether oxygens (including phenoxy) is 1. The molecular weight excluding hydrogens is 426 g/mol. The van der Waals surface area contributed by atoms with Crippen molar-refractivity contribution in [2.45, 2.75) is 38.7 Å². The fraction of sp³-hybridized carbons (Fsp3) is 0.320. The largest absolute Gasteiger partial charge is 0.486 e. The SMILES string of the molecule is Cc1cc(Cl)cc2c1OC1(CCN(C(=O)c3cnn(-c4ccccc4)c3C)CC1)CC2=O. The molecule has 3 aromatic rings. The number of rotatable bonds is 2. The minimum atomic E-state index is -0.567. The molecule has 1 amide bonds. The Morgan fingerprint density at radius 1 is 1.12 bits per heavy atom. The van der Waals surface area contributed by atoms with Crippen LogP contribution in [0, 0.1) is 13.8 Å². The summed E-state index contributed by atoms with van der Waals surface area (Å²) in [5, 5.41) is 4.97. The fourth-order valence-electron chi connectivity index (χ4n) is 4.73. The number of nitrogens with zero attached hydrogens (tertiary/aromatic N) is 3. The maximum Gasteiger partial charge on any atom is 0.257 e. The standard InChI is InChI=1S/C25H24ClN3O3/c1-16-12-18(26)13-20-22(30)14-25(32-23(16)20)8-10-28(11-9-25)24(31)21-15-27-29(17(21)2)19-6-4-3-5-7-19/h3-7,12-13,15H,8-11,14H2,1-2H3. The van der Waals surface area contributed by atoms with E-state index in [0.29, 0.717) is 54.3 Å². The van der Waals surface area contributed by atoms with Crippen LogP contribution < -0.4 is 4.74 Å². The third kappa shape index (κ3) is 3.48. The second kappa shape index (κ2) is 7.78. The number of carbonyl (C=O) groups excluding carboxylic acids is 2. The van der Waals surface area contributed by atoms with E-state index in [1.807, 2.05) is 55.1 Å². The Morgan fingerprint density at radius 3 is 2.56 bits per heavy atom. The molecule has 5 rings (SSSR count). The molecule has 3 heterocycles. The summed E-state index contributed by atoms with van der Waals surface area (Å²) in [7, 11) is 0. The van der Waals surface area contributed by atoms with Gasteiger partial charge in [-0.05, 0) is 43.7 Å². The van der Waals surface area contributed by atoms with Gasteiger partial charge in [-0.25, -0.2) is 4.68 Å². The van der Waals surface area contributed by atoms with Crippen molar-refractivity contribution in [3.05, 3.63) is 76.1 Å². The lowest BCUT2D eigenvalue weighted by Gasteiger charge is -2.44. The molecule has 1 aromatic heterocycles. The number of amides is 1. The molecule has 0 atom stereocenters. The first-order valence-electron chi connectivity index (χ1n) is 10.8. The van der Waals surface area contributed by atoms with Crippen LogP contribution in [0.15, 0.2) is 48.7 Å². The van der Waals surface area contributed by atoms with Crippen LogP contribution in [0.3, 0.4) is 0 Å². The third-order valence-corrected chi connectivity index (χ3v) is 6.76. The Kier molecular flexibility index (Phi) is 5.05. The van der Waals surface area contributed by atoms with Crippen molar-refractivity contribution in [1.29, 1.82) is 0 Å². The number of para-hydroxylation sites is 1. The lowest BCUT2D eigenvalue weighted by atomic mass is 9.82. The Labute approximate surface area is 191 Å². The van der Waals surface area contributed by atoms with Gasteiger partial charge in [-0.3, -0.25) is 9.59 Å². The second-order valence-electron chi connectivity index (χ2n) is 8.67. The van der Waals surface area contributed by atoms with Crippen molar-refractivity contribution in [2.24, 2.45) is 0 Å². The number of hydrogen-bond acceptors (Lipinski definition) is 4. The Bertz CT molecular complexity index is 1210. The molecule has 32 heavy (non-hydrogen) atoms. The molecule has 6 nitrogen and oxygen atoms in total. The quantitative estimate of drug-likeness (QED) is 0.564. The average molecular weight is 450 g/mol.